The molecule has 2 aliphatic carbocycles. The molecule has 0 saturated carbocycles. The van der Waals surface area contributed by atoms with Crippen LogP contribution in [0.4, 0.5) is 17.1 Å². The Hall–Kier alpha value is -7.42. The molecule has 9 aromatic carbocycles. The fraction of sp³-hybridized carbons (Fsp3) is 0.0182. The highest BCUT2D eigenvalue weighted by Crippen LogP contribution is 2.63. The molecule has 0 atom stereocenters. The number of benzene rings is 9. The third-order valence-corrected chi connectivity index (χ3v) is 12.3. The average Bonchev–Trinajstić information content (AvgIpc) is 3.91. The van der Waals surface area contributed by atoms with Crippen LogP contribution in [0.2, 0.25) is 0 Å². The van der Waals surface area contributed by atoms with E-state index in [1.54, 1.807) is 0 Å². The Labute approximate surface area is 331 Å². The lowest BCUT2D eigenvalue weighted by Gasteiger charge is -2.33. The van der Waals surface area contributed by atoms with Gasteiger partial charge in [0.05, 0.1) is 11.1 Å². The van der Waals surface area contributed by atoms with Crippen molar-refractivity contribution in [3.63, 3.8) is 0 Å². The van der Waals surface area contributed by atoms with Crippen molar-refractivity contribution in [3.8, 4) is 44.5 Å². The number of hydrogen-bond donors (Lipinski definition) is 0. The van der Waals surface area contributed by atoms with Crippen molar-refractivity contribution in [2.24, 2.45) is 0 Å². The number of rotatable bonds is 5. The van der Waals surface area contributed by atoms with Crippen LogP contribution in [-0.4, -0.2) is 0 Å². The van der Waals surface area contributed by atoms with E-state index in [-0.39, 0.29) is 0 Å². The Morgan fingerprint density at radius 3 is 1.54 bits per heavy atom. The van der Waals surface area contributed by atoms with Crippen LogP contribution in [0.15, 0.2) is 217 Å². The third-order valence-electron chi connectivity index (χ3n) is 12.3. The summed E-state index contributed by atoms with van der Waals surface area (Å²) in [6.07, 6.45) is 0. The maximum absolute atomic E-state index is 6.38. The van der Waals surface area contributed by atoms with Crippen LogP contribution in [0.25, 0.3) is 66.4 Å². The summed E-state index contributed by atoms with van der Waals surface area (Å²) in [7, 11) is 0. The zero-order valence-electron chi connectivity index (χ0n) is 31.1. The van der Waals surface area contributed by atoms with Gasteiger partial charge in [0, 0.05) is 27.7 Å². The lowest BCUT2D eigenvalue weighted by atomic mass is 9.70. The molecule has 57 heavy (non-hydrogen) atoms. The van der Waals surface area contributed by atoms with Crippen molar-refractivity contribution >= 4 is 39.0 Å². The molecule has 0 N–H and O–H groups in total. The first-order valence-electron chi connectivity index (χ1n) is 19.7. The quantitative estimate of drug-likeness (QED) is 0.176. The van der Waals surface area contributed by atoms with Crippen LogP contribution >= 0.6 is 0 Å². The van der Waals surface area contributed by atoms with Gasteiger partial charge in [0.25, 0.3) is 0 Å². The Morgan fingerprint density at radius 1 is 0.316 bits per heavy atom. The summed E-state index contributed by atoms with van der Waals surface area (Å²) in [4.78, 5) is 2.45. The molecule has 1 heterocycles. The molecule has 0 radical (unpaired) electrons. The first-order chi connectivity index (χ1) is 28.3. The summed E-state index contributed by atoms with van der Waals surface area (Å²) in [6.45, 7) is 0. The van der Waals surface area contributed by atoms with Gasteiger partial charge in [0.1, 0.15) is 11.2 Å². The molecule has 2 nitrogen and oxygen atoms in total. The zero-order valence-corrected chi connectivity index (χ0v) is 31.1. The van der Waals surface area contributed by atoms with Crippen LogP contribution in [0, 0.1) is 0 Å². The molecule has 2 heteroatoms. The van der Waals surface area contributed by atoms with Crippen molar-refractivity contribution in [2.75, 3.05) is 4.90 Å². The lowest BCUT2D eigenvalue weighted by Crippen LogP contribution is -2.26. The van der Waals surface area contributed by atoms with E-state index in [2.05, 4.69) is 205 Å². The van der Waals surface area contributed by atoms with Crippen molar-refractivity contribution in [2.45, 2.75) is 5.41 Å². The molecular formula is C55H35NO. The van der Waals surface area contributed by atoms with Gasteiger partial charge in [-0.05, 0) is 110 Å². The molecule has 0 bridgehead atoms. The second kappa shape index (κ2) is 12.3. The summed E-state index contributed by atoms with van der Waals surface area (Å²) in [5.41, 5.74) is 19.7. The number of furan rings is 1. The summed E-state index contributed by atoms with van der Waals surface area (Å²) in [6, 6.07) is 77.6. The highest BCUT2D eigenvalue weighted by atomic mass is 16.3. The first kappa shape index (κ1) is 31.9. The molecule has 0 saturated heterocycles. The maximum Gasteiger partial charge on any atom is 0.136 e. The van der Waals surface area contributed by atoms with Crippen LogP contribution in [0.5, 0.6) is 0 Å². The Kier molecular flexibility index (Phi) is 6.88. The molecule has 0 amide bonds. The smallest absolute Gasteiger partial charge is 0.136 e. The van der Waals surface area contributed by atoms with Gasteiger partial charge in [-0.15, -0.1) is 0 Å². The highest BCUT2D eigenvalue weighted by Gasteiger charge is 2.51. The first-order valence-corrected chi connectivity index (χ1v) is 19.7. The number of anilines is 3. The zero-order chi connectivity index (χ0) is 37.5. The fourth-order valence-electron chi connectivity index (χ4n) is 9.89. The van der Waals surface area contributed by atoms with E-state index in [9.17, 15) is 0 Å². The molecule has 1 spiro atoms. The summed E-state index contributed by atoms with van der Waals surface area (Å²) < 4.78 is 6.38. The minimum absolute atomic E-state index is 0.441. The highest BCUT2D eigenvalue weighted by molar-refractivity contribution is 6.06. The normalized spacial score (nSPS) is 13.1. The van der Waals surface area contributed by atoms with Crippen LogP contribution in [0.3, 0.4) is 0 Å². The van der Waals surface area contributed by atoms with Gasteiger partial charge in [-0.1, -0.05) is 164 Å². The Bertz CT molecular complexity index is 3130. The molecule has 0 fully saturated rings. The molecule has 0 aliphatic heterocycles. The molecular weight excluding hydrogens is 691 g/mol. The standard InChI is InChI=1S/C55H35NO/c1-3-15-36(16-4-1)41-30-27-37(38-28-31-47-46-22-10-14-26-53(46)57-54(47)34-38)33-52(41)56(39-17-5-2-6-18-39)40-29-32-45-44-21-9-13-25-50(44)55(51(45)35-40)48-23-11-7-19-42(48)43-20-8-12-24-49(43)55/h1-35H. The molecule has 0 unspecified atom stereocenters. The Balaban J connectivity index is 1.12. The van der Waals surface area contributed by atoms with Gasteiger partial charge in [-0.2, -0.15) is 0 Å². The van der Waals surface area contributed by atoms with Crippen LogP contribution in [-0.2, 0) is 5.41 Å². The van der Waals surface area contributed by atoms with Crippen LogP contribution in [0.1, 0.15) is 22.3 Å². The van der Waals surface area contributed by atoms with Crippen LogP contribution < -0.4 is 4.90 Å². The van der Waals surface area contributed by atoms with Crippen molar-refractivity contribution in [3.05, 3.63) is 235 Å². The minimum atomic E-state index is -0.441. The molecule has 10 aromatic rings. The van der Waals surface area contributed by atoms with Crippen molar-refractivity contribution in [1.82, 2.24) is 0 Å². The Morgan fingerprint density at radius 2 is 0.842 bits per heavy atom. The second-order valence-electron chi connectivity index (χ2n) is 15.2. The van der Waals surface area contributed by atoms with Gasteiger partial charge < -0.3 is 9.32 Å². The van der Waals surface area contributed by atoms with E-state index in [0.29, 0.717) is 0 Å². The van der Waals surface area contributed by atoms with Crippen molar-refractivity contribution in [1.29, 1.82) is 0 Å². The molecule has 266 valence electrons. The number of hydrogen-bond acceptors (Lipinski definition) is 2. The van der Waals surface area contributed by atoms with E-state index in [4.69, 9.17) is 4.42 Å². The SMILES string of the molecule is c1ccc(-c2ccc(-c3ccc4c(c3)oc3ccccc34)cc2N(c2ccccc2)c2ccc3c(c2)C2(c4ccccc4-c4ccccc42)c2ccccc2-3)cc1. The van der Waals surface area contributed by atoms with E-state index >= 15 is 0 Å². The predicted molar refractivity (Wildman–Crippen MR) is 236 cm³/mol. The topological polar surface area (TPSA) is 16.4 Å². The number of para-hydroxylation sites is 2. The van der Waals surface area contributed by atoms with E-state index in [1.165, 1.54) is 44.5 Å². The monoisotopic (exact) mass is 725 g/mol. The van der Waals surface area contributed by atoms with Gasteiger partial charge in [-0.3, -0.25) is 0 Å². The van der Waals surface area contributed by atoms with Crippen molar-refractivity contribution < 1.29 is 4.42 Å². The van der Waals surface area contributed by atoms with E-state index in [0.717, 1.165) is 61.3 Å². The van der Waals surface area contributed by atoms with Gasteiger partial charge in [0.15, 0.2) is 0 Å². The molecule has 12 rings (SSSR count). The average molecular weight is 726 g/mol. The molecule has 2 aliphatic rings. The largest absolute Gasteiger partial charge is 0.456 e. The summed E-state index contributed by atoms with van der Waals surface area (Å²) in [5.74, 6) is 0. The third kappa shape index (κ3) is 4.59. The maximum atomic E-state index is 6.38. The fourth-order valence-corrected chi connectivity index (χ4v) is 9.89. The number of nitrogens with zero attached hydrogens (tertiary/aromatic N) is 1. The summed E-state index contributed by atoms with van der Waals surface area (Å²) >= 11 is 0. The number of fused-ring (bicyclic) bond motifs is 13. The minimum Gasteiger partial charge on any atom is -0.456 e. The van der Waals surface area contributed by atoms with Gasteiger partial charge >= 0.3 is 0 Å². The predicted octanol–water partition coefficient (Wildman–Crippen LogP) is 14.7. The second-order valence-corrected chi connectivity index (χ2v) is 15.2. The van der Waals surface area contributed by atoms with Gasteiger partial charge in [-0.25, -0.2) is 0 Å². The van der Waals surface area contributed by atoms with E-state index in [1.807, 2.05) is 12.1 Å². The molecule has 1 aromatic heterocycles. The summed E-state index contributed by atoms with van der Waals surface area (Å²) in [5, 5.41) is 2.27. The lowest BCUT2D eigenvalue weighted by molar-refractivity contribution is 0.669. The van der Waals surface area contributed by atoms with Gasteiger partial charge in [0.2, 0.25) is 0 Å². The van der Waals surface area contributed by atoms with E-state index < -0.39 is 5.41 Å².